The minimum atomic E-state index is -0.953. The van der Waals surface area contributed by atoms with Gasteiger partial charge >= 0.3 is 11.9 Å². The Morgan fingerprint density at radius 3 is 1.95 bits per heavy atom. The van der Waals surface area contributed by atoms with Crippen LogP contribution in [0.4, 0.5) is 0 Å². The molecule has 3 rings (SSSR count). The Hall–Kier alpha value is -4.62. The Labute approximate surface area is 358 Å². The maximum Gasteiger partial charge on any atom is 0.338 e. The lowest BCUT2D eigenvalue weighted by Gasteiger charge is -2.26. The van der Waals surface area contributed by atoms with Crippen molar-refractivity contribution in [2.24, 2.45) is 11.8 Å². The summed E-state index contributed by atoms with van der Waals surface area (Å²) >= 11 is 1.15. The van der Waals surface area contributed by atoms with Gasteiger partial charge in [-0.15, -0.1) is 11.3 Å². The van der Waals surface area contributed by atoms with E-state index < -0.39 is 42.0 Å². The standard InChI is InChI=1S/C38H51N5O7S.C4H10.2C2H6/c1-6-7-18-43(5)23-34(45)39-22-33(44)41-30(25(2)3)21-32(50-38(49)28-16-12-9-13-17-28)36-42-31(24-51-36)35(46)40-29(19-26(4)37(47)48)20-27-14-10-8-11-15-27;1-3-4-2;2*1-2/h8-17,24-26,29-30,32H,6-7,18-23H2,1-5H3,(H,39,45)(H,40,46)(H,41,44)(H,47,48);3-4H2,1-2H3;2*1-2H3. The first-order valence-electron chi connectivity index (χ1n) is 21.3. The summed E-state index contributed by atoms with van der Waals surface area (Å²) in [5.41, 5.74) is 1.39. The molecule has 0 fully saturated rings. The number of unbranched alkanes of at least 4 members (excludes halogenated alkanes) is 2. The van der Waals surface area contributed by atoms with E-state index in [-0.39, 0.29) is 49.4 Å². The van der Waals surface area contributed by atoms with E-state index in [1.807, 2.05) is 83.8 Å². The van der Waals surface area contributed by atoms with Crippen LogP contribution in [0.5, 0.6) is 0 Å². The smallest absolute Gasteiger partial charge is 0.338 e. The average Bonchev–Trinajstić information content (AvgIpc) is 3.74. The molecule has 13 heteroatoms. The molecule has 4 unspecified atom stereocenters. The van der Waals surface area contributed by atoms with E-state index in [0.717, 1.165) is 36.3 Å². The Morgan fingerprint density at radius 1 is 0.814 bits per heavy atom. The Morgan fingerprint density at radius 2 is 1.41 bits per heavy atom. The lowest BCUT2D eigenvalue weighted by Crippen LogP contribution is -2.46. The summed E-state index contributed by atoms with van der Waals surface area (Å²) in [4.78, 5) is 70.2. The van der Waals surface area contributed by atoms with Gasteiger partial charge in [-0.2, -0.15) is 0 Å². The number of thiazole rings is 1. The number of amides is 3. The number of hydrogen-bond donors (Lipinski definition) is 4. The largest absolute Gasteiger partial charge is 0.481 e. The third kappa shape index (κ3) is 22.9. The molecule has 0 spiro atoms. The molecule has 0 bridgehead atoms. The number of nitrogens with one attached hydrogen (secondary N) is 3. The second kappa shape index (κ2) is 32.3. The topological polar surface area (TPSA) is 167 Å². The molecule has 0 aliphatic rings. The van der Waals surface area contributed by atoms with Crippen LogP contribution in [0.25, 0.3) is 0 Å². The van der Waals surface area contributed by atoms with Gasteiger partial charge in [0, 0.05) is 23.9 Å². The maximum absolute atomic E-state index is 13.5. The summed E-state index contributed by atoms with van der Waals surface area (Å²) in [6, 6.07) is 17.1. The number of carboxylic acid groups (broad SMARTS) is 1. The van der Waals surface area contributed by atoms with Crippen molar-refractivity contribution in [3.05, 3.63) is 87.9 Å². The number of aliphatic carboxylic acids is 1. The molecule has 0 aliphatic heterocycles. The molecule has 1 heterocycles. The molecule has 0 aliphatic carbocycles. The number of hydrogen-bond acceptors (Lipinski definition) is 9. The first-order valence-corrected chi connectivity index (χ1v) is 22.2. The second-order valence-corrected chi connectivity index (χ2v) is 15.1. The number of carbonyl (C=O) groups is 5. The van der Waals surface area contributed by atoms with Crippen molar-refractivity contribution in [3.63, 3.8) is 0 Å². The molecule has 2 aromatic carbocycles. The van der Waals surface area contributed by atoms with E-state index in [1.54, 1.807) is 42.6 Å². The van der Waals surface area contributed by atoms with Crippen LogP contribution in [-0.4, -0.2) is 83.4 Å². The predicted octanol–water partition coefficient (Wildman–Crippen LogP) is 8.73. The lowest BCUT2D eigenvalue weighted by molar-refractivity contribution is -0.141. The van der Waals surface area contributed by atoms with Crippen LogP contribution in [0.3, 0.4) is 0 Å². The number of ether oxygens (including phenoxy) is 1. The van der Waals surface area contributed by atoms with Gasteiger partial charge in [-0.1, -0.05) is 137 Å². The number of esters is 1. The van der Waals surface area contributed by atoms with E-state index in [1.165, 1.54) is 12.8 Å². The highest BCUT2D eigenvalue weighted by Crippen LogP contribution is 2.29. The van der Waals surface area contributed by atoms with Gasteiger partial charge in [0.05, 0.1) is 24.6 Å². The Bertz CT molecular complexity index is 1600. The zero-order valence-electron chi connectivity index (χ0n) is 37.5. The predicted molar refractivity (Wildman–Crippen MR) is 240 cm³/mol. The number of aromatic nitrogens is 1. The number of carbonyl (C=O) groups excluding carboxylic acids is 4. The van der Waals surface area contributed by atoms with Crippen LogP contribution in [0.1, 0.15) is 145 Å². The normalized spacial score (nSPS) is 12.4. The molecular weight excluding hydrogens is 767 g/mol. The molecule has 0 saturated heterocycles. The molecule has 3 amide bonds. The first-order chi connectivity index (χ1) is 28.3. The van der Waals surface area contributed by atoms with E-state index in [9.17, 15) is 29.1 Å². The second-order valence-electron chi connectivity index (χ2n) is 14.2. The van der Waals surface area contributed by atoms with E-state index in [0.29, 0.717) is 17.0 Å². The Balaban J connectivity index is 0.00000389. The zero-order valence-corrected chi connectivity index (χ0v) is 38.3. The molecule has 4 atom stereocenters. The van der Waals surface area contributed by atoms with Crippen molar-refractivity contribution < 1.29 is 33.8 Å². The molecule has 0 saturated carbocycles. The number of rotatable bonds is 22. The highest BCUT2D eigenvalue weighted by Gasteiger charge is 2.29. The quantitative estimate of drug-likeness (QED) is 0.0724. The number of likely N-dealkylation sites (N-methyl/N-ethyl adjacent to an activating group) is 1. The molecule has 59 heavy (non-hydrogen) atoms. The van der Waals surface area contributed by atoms with Gasteiger partial charge < -0.3 is 25.8 Å². The van der Waals surface area contributed by atoms with Crippen LogP contribution >= 0.6 is 11.3 Å². The molecule has 330 valence electrons. The number of nitrogens with zero attached hydrogens (tertiary/aromatic N) is 2. The molecule has 4 N–H and O–H groups in total. The number of benzene rings is 2. The zero-order chi connectivity index (χ0) is 44.8. The van der Waals surface area contributed by atoms with Crippen LogP contribution in [-0.2, 0) is 25.5 Å². The first kappa shape index (κ1) is 54.4. The van der Waals surface area contributed by atoms with Crippen molar-refractivity contribution in [3.8, 4) is 0 Å². The summed E-state index contributed by atoms with van der Waals surface area (Å²) in [5, 5.41) is 20.1. The minimum absolute atomic E-state index is 0.0829. The molecule has 12 nitrogen and oxygen atoms in total. The fourth-order valence-electron chi connectivity index (χ4n) is 5.36. The third-order valence-electron chi connectivity index (χ3n) is 8.88. The monoisotopic (exact) mass is 840 g/mol. The third-order valence-corrected chi connectivity index (χ3v) is 9.82. The summed E-state index contributed by atoms with van der Waals surface area (Å²) in [6.45, 7) is 20.7. The van der Waals surface area contributed by atoms with Gasteiger partial charge in [0.1, 0.15) is 10.7 Å². The van der Waals surface area contributed by atoms with Gasteiger partial charge in [0.2, 0.25) is 11.8 Å². The fourth-order valence-corrected chi connectivity index (χ4v) is 6.20. The van der Waals surface area contributed by atoms with Crippen molar-refractivity contribution in [1.29, 1.82) is 0 Å². The van der Waals surface area contributed by atoms with Crippen molar-refractivity contribution in [1.82, 2.24) is 25.8 Å². The fraction of sp³-hybridized carbons (Fsp3) is 0.565. The average molecular weight is 840 g/mol. The van der Waals surface area contributed by atoms with E-state index >= 15 is 0 Å². The summed E-state index contributed by atoms with van der Waals surface area (Å²) in [5.74, 6) is -3.42. The van der Waals surface area contributed by atoms with Gasteiger partial charge in [0.15, 0.2) is 6.10 Å². The Kier molecular flexibility index (Phi) is 29.7. The minimum Gasteiger partial charge on any atom is -0.481 e. The van der Waals surface area contributed by atoms with Crippen LogP contribution in [0.15, 0.2) is 66.0 Å². The summed E-state index contributed by atoms with van der Waals surface area (Å²) in [6.07, 6.45) is 4.54. The van der Waals surface area contributed by atoms with Crippen LogP contribution < -0.4 is 16.0 Å². The van der Waals surface area contributed by atoms with E-state index in [4.69, 9.17) is 4.74 Å². The highest BCUT2D eigenvalue weighted by atomic mass is 32.1. The highest BCUT2D eigenvalue weighted by molar-refractivity contribution is 7.09. The van der Waals surface area contributed by atoms with Crippen molar-refractivity contribution in [2.45, 2.75) is 132 Å². The van der Waals surface area contributed by atoms with E-state index in [2.05, 4.69) is 41.7 Å². The molecule has 3 aromatic rings. The molecule has 1 aromatic heterocycles. The summed E-state index contributed by atoms with van der Waals surface area (Å²) < 4.78 is 5.98. The SMILES string of the molecule is CC.CC.CCCC.CCCCN(C)CC(=O)NCC(=O)NC(CC(OC(=O)c1ccccc1)c1nc(C(=O)NC(Cc2ccccc2)CC(C)C(=O)O)cs1)C(C)C. The lowest BCUT2D eigenvalue weighted by atomic mass is 9.96. The molecule has 0 radical (unpaired) electrons. The van der Waals surface area contributed by atoms with Crippen LogP contribution in [0, 0.1) is 11.8 Å². The van der Waals surface area contributed by atoms with Crippen molar-refractivity contribution >= 4 is 41.0 Å². The van der Waals surface area contributed by atoms with Crippen molar-refractivity contribution in [2.75, 3.05) is 26.7 Å². The van der Waals surface area contributed by atoms with Gasteiger partial charge in [-0.3, -0.25) is 24.1 Å². The molecular formula is C46H73N5O7S. The van der Waals surface area contributed by atoms with Gasteiger partial charge in [-0.25, -0.2) is 9.78 Å². The summed E-state index contributed by atoms with van der Waals surface area (Å²) in [7, 11) is 1.86. The number of carboxylic acids is 1. The van der Waals surface area contributed by atoms with Crippen LogP contribution in [0.2, 0.25) is 0 Å². The van der Waals surface area contributed by atoms with Gasteiger partial charge in [0.25, 0.3) is 5.91 Å². The van der Waals surface area contributed by atoms with Gasteiger partial charge in [-0.05, 0) is 56.5 Å². The maximum atomic E-state index is 13.5.